The van der Waals surface area contributed by atoms with E-state index in [1.54, 1.807) is 10.4 Å². The van der Waals surface area contributed by atoms with Gasteiger partial charge in [-0.25, -0.2) is 0 Å². The van der Waals surface area contributed by atoms with Gasteiger partial charge in [-0.15, -0.1) is 11.3 Å². The van der Waals surface area contributed by atoms with E-state index in [-0.39, 0.29) is 0 Å². The summed E-state index contributed by atoms with van der Waals surface area (Å²) in [6.45, 7) is 2.30. The van der Waals surface area contributed by atoms with Crippen LogP contribution in [0.3, 0.4) is 0 Å². The fraction of sp³-hybridized carbons (Fsp3) is 0.571. The first-order valence-electron chi connectivity index (χ1n) is 6.35. The molecule has 0 saturated heterocycles. The standard InChI is InChI=1S/C14H19NS/c1-10(15-12-6-2-3-7-12)14-9-11-5-4-8-13(11)16-14/h2-3,9-10,12,15H,4-8H2,1H3. The van der Waals surface area contributed by atoms with Crippen molar-refractivity contribution < 1.29 is 0 Å². The number of aryl methyl sites for hydroxylation is 2. The lowest BCUT2D eigenvalue weighted by Crippen LogP contribution is -2.28. The van der Waals surface area contributed by atoms with Gasteiger partial charge >= 0.3 is 0 Å². The van der Waals surface area contributed by atoms with Gasteiger partial charge in [-0.1, -0.05) is 12.2 Å². The molecule has 1 nitrogen and oxygen atoms in total. The van der Waals surface area contributed by atoms with Crippen LogP contribution >= 0.6 is 11.3 Å². The molecule has 0 bridgehead atoms. The zero-order chi connectivity index (χ0) is 11.0. The summed E-state index contributed by atoms with van der Waals surface area (Å²) in [5, 5.41) is 3.73. The van der Waals surface area contributed by atoms with E-state index in [2.05, 4.69) is 30.5 Å². The van der Waals surface area contributed by atoms with Gasteiger partial charge in [-0.05, 0) is 50.7 Å². The van der Waals surface area contributed by atoms with Crippen molar-refractivity contribution in [2.45, 2.75) is 51.1 Å². The van der Waals surface area contributed by atoms with Crippen molar-refractivity contribution in [3.63, 3.8) is 0 Å². The van der Waals surface area contributed by atoms with Gasteiger partial charge in [-0.2, -0.15) is 0 Å². The molecule has 0 saturated carbocycles. The molecular weight excluding hydrogens is 214 g/mol. The Morgan fingerprint density at radius 2 is 2.12 bits per heavy atom. The third-order valence-electron chi connectivity index (χ3n) is 3.69. The molecule has 0 amide bonds. The minimum atomic E-state index is 0.528. The molecule has 2 aliphatic carbocycles. The molecule has 86 valence electrons. The van der Waals surface area contributed by atoms with Crippen molar-refractivity contribution in [3.8, 4) is 0 Å². The maximum Gasteiger partial charge on any atom is 0.0388 e. The SMILES string of the molecule is CC(NC1CC=CC1)c1cc2c(s1)CCC2. The lowest BCUT2D eigenvalue weighted by Gasteiger charge is -2.18. The van der Waals surface area contributed by atoms with Crippen LogP contribution in [0.15, 0.2) is 18.2 Å². The van der Waals surface area contributed by atoms with E-state index >= 15 is 0 Å². The molecule has 0 aromatic carbocycles. The van der Waals surface area contributed by atoms with Crippen molar-refractivity contribution in [2.75, 3.05) is 0 Å². The van der Waals surface area contributed by atoms with Crippen LogP contribution in [0.5, 0.6) is 0 Å². The highest BCUT2D eigenvalue weighted by Crippen LogP contribution is 2.34. The Morgan fingerprint density at radius 1 is 1.31 bits per heavy atom. The Labute approximate surface area is 102 Å². The number of hydrogen-bond acceptors (Lipinski definition) is 2. The molecule has 0 spiro atoms. The van der Waals surface area contributed by atoms with E-state index in [0.29, 0.717) is 12.1 Å². The Morgan fingerprint density at radius 3 is 2.88 bits per heavy atom. The van der Waals surface area contributed by atoms with Crippen LogP contribution in [0, 0.1) is 0 Å². The van der Waals surface area contributed by atoms with Crippen molar-refractivity contribution in [1.29, 1.82) is 0 Å². The summed E-state index contributed by atoms with van der Waals surface area (Å²) in [5.74, 6) is 0. The maximum absolute atomic E-state index is 3.73. The molecule has 1 heterocycles. The largest absolute Gasteiger partial charge is 0.306 e. The molecule has 0 radical (unpaired) electrons. The van der Waals surface area contributed by atoms with E-state index in [1.165, 1.54) is 37.0 Å². The molecule has 16 heavy (non-hydrogen) atoms. The molecule has 1 aromatic rings. The first-order chi connectivity index (χ1) is 7.83. The van der Waals surface area contributed by atoms with Gasteiger partial charge in [0.2, 0.25) is 0 Å². The first-order valence-corrected chi connectivity index (χ1v) is 7.17. The summed E-state index contributed by atoms with van der Waals surface area (Å²) in [6, 6.07) is 3.64. The second-order valence-corrected chi connectivity index (χ2v) is 6.15. The highest BCUT2D eigenvalue weighted by molar-refractivity contribution is 7.12. The topological polar surface area (TPSA) is 12.0 Å². The molecule has 1 aromatic heterocycles. The summed E-state index contributed by atoms with van der Waals surface area (Å²) in [4.78, 5) is 3.18. The molecule has 0 fully saturated rings. The molecule has 2 heteroatoms. The van der Waals surface area contributed by atoms with Crippen LogP contribution in [-0.4, -0.2) is 6.04 Å². The predicted molar refractivity (Wildman–Crippen MR) is 70.1 cm³/mol. The maximum atomic E-state index is 3.73. The quantitative estimate of drug-likeness (QED) is 0.786. The summed E-state index contributed by atoms with van der Waals surface area (Å²) >= 11 is 2.03. The van der Waals surface area contributed by atoms with Gasteiger partial charge in [0.25, 0.3) is 0 Å². The monoisotopic (exact) mass is 233 g/mol. The number of hydrogen-bond donors (Lipinski definition) is 1. The van der Waals surface area contributed by atoms with E-state index < -0.39 is 0 Å². The van der Waals surface area contributed by atoms with Crippen LogP contribution < -0.4 is 5.32 Å². The number of fused-ring (bicyclic) bond motifs is 1. The summed E-state index contributed by atoms with van der Waals surface area (Å²) in [6.07, 6.45) is 11.0. The van der Waals surface area contributed by atoms with Crippen molar-refractivity contribution >= 4 is 11.3 Å². The van der Waals surface area contributed by atoms with Gasteiger partial charge in [-0.3, -0.25) is 0 Å². The molecule has 0 aliphatic heterocycles. The van der Waals surface area contributed by atoms with Gasteiger partial charge < -0.3 is 5.32 Å². The minimum Gasteiger partial charge on any atom is -0.306 e. The molecular formula is C14H19NS. The highest BCUT2D eigenvalue weighted by atomic mass is 32.1. The van der Waals surface area contributed by atoms with Crippen LogP contribution in [0.4, 0.5) is 0 Å². The fourth-order valence-corrected chi connectivity index (χ4v) is 4.02. The molecule has 3 rings (SSSR count). The second kappa shape index (κ2) is 4.34. The van der Waals surface area contributed by atoms with Gasteiger partial charge in [0.15, 0.2) is 0 Å². The third kappa shape index (κ3) is 1.96. The van der Waals surface area contributed by atoms with Gasteiger partial charge in [0.05, 0.1) is 0 Å². The summed E-state index contributed by atoms with van der Waals surface area (Å²) in [5.41, 5.74) is 1.62. The van der Waals surface area contributed by atoms with E-state index in [4.69, 9.17) is 0 Å². The van der Waals surface area contributed by atoms with E-state index in [0.717, 1.165) is 0 Å². The Bertz CT molecular complexity index is 375. The number of nitrogens with one attached hydrogen (secondary N) is 1. The molecule has 1 N–H and O–H groups in total. The fourth-order valence-electron chi connectivity index (χ4n) is 2.75. The first kappa shape index (κ1) is 10.5. The average Bonchev–Trinajstić information content (AvgIpc) is 2.91. The smallest absolute Gasteiger partial charge is 0.0388 e. The highest BCUT2D eigenvalue weighted by Gasteiger charge is 2.19. The predicted octanol–water partition coefficient (Wildman–Crippen LogP) is 3.61. The zero-order valence-electron chi connectivity index (χ0n) is 9.83. The van der Waals surface area contributed by atoms with E-state index in [1.807, 2.05) is 11.3 Å². The third-order valence-corrected chi connectivity index (χ3v) is 5.11. The number of rotatable bonds is 3. The molecule has 1 unspecified atom stereocenters. The number of thiophene rings is 1. The van der Waals surface area contributed by atoms with Crippen LogP contribution in [0.25, 0.3) is 0 Å². The second-order valence-electron chi connectivity index (χ2n) is 4.98. The van der Waals surface area contributed by atoms with Crippen molar-refractivity contribution in [3.05, 3.63) is 33.5 Å². The average molecular weight is 233 g/mol. The van der Waals surface area contributed by atoms with Crippen molar-refractivity contribution in [1.82, 2.24) is 5.32 Å². The normalized spacial score (nSPS) is 21.6. The lowest BCUT2D eigenvalue weighted by atomic mass is 10.1. The summed E-state index contributed by atoms with van der Waals surface area (Å²) < 4.78 is 0. The molecule has 1 atom stereocenters. The Kier molecular flexibility index (Phi) is 2.86. The molecule has 2 aliphatic rings. The van der Waals surface area contributed by atoms with Crippen LogP contribution in [0.2, 0.25) is 0 Å². The van der Waals surface area contributed by atoms with E-state index in [9.17, 15) is 0 Å². The minimum absolute atomic E-state index is 0.528. The Hall–Kier alpha value is -0.600. The Balaban J connectivity index is 1.66. The van der Waals surface area contributed by atoms with Crippen molar-refractivity contribution in [2.24, 2.45) is 0 Å². The summed E-state index contributed by atoms with van der Waals surface area (Å²) in [7, 11) is 0. The lowest BCUT2D eigenvalue weighted by molar-refractivity contribution is 0.476. The van der Waals surface area contributed by atoms with Crippen LogP contribution in [0.1, 0.15) is 47.5 Å². The van der Waals surface area contributed by atoms with Crippen LogP contribution in [-0.2, 0) is 12.8 Å². The van der Waals surface area contributed by atoms with Gasteiger partial charge in [0, 0.05) is 21.8 Å². The van der Waals surface area contributed by atoms with Gasteiger partial charge in [0.1, 0.15) is 0 Å². The zero-order valence-corrected chi connectivity index (χ0v) is 10.6.